The maximum Gasteiger partial charge on any atom is 0.319 e. The van der Waals surface area contributed by atoms with Crippen LogP contribution in [0.2, 0.25) is 0 Å². The predicted octanol–water partition coefficient (Wildman–Crippen LogP) is 2.79. The summed E-state index contributed by atoms with van der Waals surface area (Å²) in [5.41, 5.74) is 3.58. The van der Waals surface area contributed by atoms with Gasteiger partial charge in [-0.3, -0.25) is 4.79 Å². The van der Waals surface area contributed by atoms with Crippen LogP contribution in [0.4, 0.5) is 16.2 Å². The minimum absolute atomic E-state index is 0.156. The van der Waals surface area contributed by atoms with Crippen LogP contribution < -0.4 is 16.0 Å². The van der Waals surface area contributed by atoms with Crippen LogP contribution >= 0.6 is 11.8 Å². The second kappa shape index (κ2) is 8.91. The number of hydrogen-bond donors (Lipinski definition) is 3. The quantitative estimate of drug-likeness (QED) is 0.536. The Kier molecular flexibility index (Phi) is 6.32. The predicted molar refractivity (Wildman–Crippen MR) is 114 cm³/mol. The summed E-state index contributed by atoms with van der Waals surface area (Å²) in [6.45, 7) is 6.14. The number of anilines is 2. The van der Waals surface area contributed by atoms with E-state index in [9.17, 15) is 9.59 Å². The average Bonchev–Trinajstić information content (AvgIpc) is 3.09. The molecule has 0 bridgehead atoms. The van der Waals surface area contributed by atoms with Crippen LogP contribution in [0, 0.1) is 13.8 Å². The van der Waals surface area contributed by atoms with Gasteiger partial charge in [0.1, 0.15) is 0 Å². The molecule has 1 aromatic carbocycles. The van der Waals surface area contributed by atoms with Gasteiger partial charge in [0.05, 0.1) is 6.42 Å². The Bertz CT molecular complexity index is 1060. The van der Waals surface area contributed by atoms with Gasteiger partial charge in [-0.05, 0) is 45.2 Å². The van der Waals surface area contributed by atoms with E-state index in [1.54, 1.807) is 28.8 Å². The van der Waals surface area contributed by atoms with Crippen LogP contribution in [-0.2, 0) is 11.2 Å². The highest BCUT2D eigenvalue weighted by Crippen LogP contribution is 2.19. The zero-order valence-corrected chi connectivity index (χ0v) is 17.6. The molecule has 0 saturated heterocycles. The van der Waals surface area contributed by atoms with Gasteiger partial charge in [-0.2, -0.15) is 4.98 Å². The molecule has 2 aromatic heterocycles. The zero-order valence-electron chi connectivity index (χ0n) is 16.7. The number of benzene rings is 1. The van der Waals surface area contributed by atoms with Crippen molar-refractivity contribution in [2.45, 2.75) is 32.3 Å². The normalized spacial score (nSPS) is 10.8. The lowest BCUT2D eigenvalue weighted by atomic mass is 10.1. The number of amides is 3. The number of aryl methyl sites for hydroxylation is 2. The van der Waals surface area contributed by atoms with Crippen molar-refractivity contribution >= 4 is 40.9 Å². The Morgan fingerprint density at radius 2 is 1.86 bits per heavy atom. The third-order valence-electron chi connectivity index (χ3n) is 4.29. The Hall–Kier alpha value is -3.14. The van der Waals surface area contributed by atoms with E-state index < -0.39 is 0 Å². The van der Waals surface area contributed by atoms with Crippen LogP contribution in [0.5, 0.6) is 0 Å². The largest absolute Gasteiger partial charge is 0.338 e. The number of nitrogens with one attached hydrogen (secondary N) is 3. The van der Waals surface area contributed by atoms with E-state index in [2.05, 4.69) is 31.0 Å². The van der Waals surface area contributed by atoms with Gasteiger partial charge in [0.15, 0.2) is 0 Å². The van der Waals surface area contributed by atoms with E-state index in [0.29, 0.717) is 28.9 Å². The summed E-state index contributed by atoms with van der Waals surface area (Å²) in [5.74, 6) is 0.343. The van der Waals surface area contributed by atoms with Crippen molar-refractivity contribution in [3.8, 4) is 0 Å². The van der Waals surface area contributed by atoms with Gasteiger partial charge in [0.25, 0.3) is 5.78 Å². The number of rotatable bonds is 6. The molecule has 3 N–H and O–H groups in total. The molecule has 0 saturated carbocycles. The highest BCUT2D eigenvalue weighted by Gasteiger charge is 2.16. The van der Waals surface area contributed by atoms with Gasteiger partial charge in [-0.15, -0.1) is 5.10 Å². The van der Waals surface area contributed by atoms with Gasteiger partial charge >= 0.3 is 6.03 Å². The third kappa shape index (κ3) is 4.83. The molecule has 0 aliphatic heterocycles. The number of carbonyl (C=O) groups is 2. The van der Waals surface area contributed by atoms with E-state index in [1.165, 1.54) is 11.8 Å². The monoisotopic (exact) mass is 413 g/mol. The number of thioether (sulfide) groups is 1. The number of urea groups is 1. The Morgan fingerprint density at radius 1 is 1.14 bits per heavy atom. The van der Waals surface area contributed by atoms with Gasteiger partial charge in [-0.1, -0.05) is 17.8 Å². The smallest absolute Gasteiger partial charge is 0.319 e. The highest BCUT2D eigenvalue weighted by atomic mass is 32.2. The molecule has 10 heteroatoms. The molecular formula is C19H23N7O2S. The molecule has 3 amide bonds. The molecule has 0 aliphatic rings. The molecule has 29 heavy (non-hydrogen) atoms. The van der Waals surface area contributed by atoms with Crippen molar-refractivity contribution in [1.82, 2.24) is 24.9 Å². The van der Waals surface area contributed by atoms with Crippen LogP contribution in [-0.4, -0.2) is 44.3 Å². The Morgan fingerprint density at radius 3 is 2.55 bits per heavy atom. The molecule has 0 spiro atoms. The van der Waals surface area contributed by atoms with Crippen LogP contribution in [0.25, 0.3) is 5.78 Å². The molecule has 152 valence electrons. The Balaban J connectivity index is 1.75. The lowest BCUT2D eigenvalue weighted by Gasteiger charge is -2.12. The van der Waals surface area contributed by atoms with Crippen LogP contribution in [0.3, 0.4) is 0 Å². The second-order valence-electron chi connectivity index (χ2n) is 6.36. The summed E-state index contributed by atoms with van der Waals surface area (Å²) >= 11 is 1.44. The molecule has 2 heterocycles. The standard InChI is InChI=1S/C19H23N7O2S/c1-5-20-18(28)23-14-8-6-7-13(9-14)22-16(27)10-15-11(2)21-17-24-19(29-4)25-26(17)12(15)3/h6-9H,5,10H2,1-4H3,(H,22,27)(H2,20,23,28). The van der Waals surface area contributed by atoms with E-state index in [1.807, 2.05) is 27.0 Å². The molecule has 0 unspecified atom stereocenters. The number of aromatic nitrogens is 4. The fraction of sp³-hybridized carbons (Fsp3) is 0.316. The summed E-state index contributed by atoms with van der Waals surface area (Å²) in [5, 5.41) is 13.3. The molecule has 0 radical (unpaired) electrons. The lowest BCUT2D eigenvalue weighted by molar-refractivity contribution is -0.115. The third-order valence-corrected chi connectivity index (χ3v) is 4.83. The summed E-state index contributed by atoms with van der Waals surface area (Å²) < 4.78 is 1.67. The Labute approximate surface area is 172 Å². The number of hydrogen-bond acceptors (Lipinski definition) is 6. The number of nitrogens with zero attached hydrogens (tertiary/aromatic N) is 4. The average molecular weight is 414 g/mol. The molecule has 3 rings (SSSR count). The lowest BCUT2D eigenvalue weighted by Crippen LogP contribution is -2.28. The second-order valence-corrected chi connectivity index (χ2v) is 7.14. The number of carbonyl (C=O) groups excluding carboxylic acids is 2. The van der Waals surface area contributed by atoms with Crippen LogP contribution in [0.1, 0.15) is 23.9 Å². The SMILES string of the molecule is CCNC(=O)Nc1cccc(NC(=O)Cc2c(C)nc3nc(SC)nn3c2C)c1. The van der Waals surface area contributed by atoms with Crippen molar-refractivity contribution in [3.63, 3.8) is 0 Å². The molecule has 9 nitrogen and oxygen atoms in total. The van der Waals surface area contributed by atoms with Crippen molar-refractivity contribution < 1.29 is 9.59 Å². The first-order valence-corrected chi connectivity index (χ1v) is 10.3. The highest BCUT2D eigenvalue weighted by molar-refractivity contribution is 7.98. The van der Waals surface area contributed by atoms with E-state index in [-0.39, 0.29) is 18.4 Å². The number of fused-ring (bicyclic) bond motifs is 1. The molecule has 0 atom stereocenters. The van der Waals surface area contributed by atoms with E-state index >= 15 is 0 Å². The van der Waals surface area contributed by atoms with Crippen LogP contribution in [0.15, 0.2) is 29.4 Å². The summed E-state index contributed by atoms with van der Waals surface area (Å²) in [6.07, 6.45) is 2.06. The topological polar surface area (TPSA) is 113 Å². The van der Waals surface area contributed by atoms with Crippen molar-refractivity contribution in [2.75, 3.05) is 23.4 Å². The fourth-order valence-corrected chi connectivity index (χ4v) is 3.24. The van der Waals surface area contributed by atoms with E-state index in [0.717, 1.165) is 17.0 Å². The maximum absolute atomic E-state index is 12.6. The first kappa shape index (κ1) is 20.6. The zero-order chi connectivity index (χ0) is 21.0. The van der Waals surface area contributed by atoms with Gasteiger partial charge in [0.2, 0.25) is 11.1 Å². The van der Waals surface area contributed by atoms with Crippen molar-refractivity contribution in [1.29, 1.82) is 0 Å². The fourth-order valence-electron chi connectivity index (χ4n) is 2.91. The summed E-state index contributed by atoms with van der Waals surface area (Å²) in [6, 6.07) is 6.70. The maximum atomic E-state index is 12.6. The van der Waals surface area contributed by atoms with Gasteiger partial charge < -0.3 is 16.0 Å². The molecular weight excluding hydrogens is 390 g/mol. The molecule has 0 fully saturated rings. The van der Waals surface area contributed by atoms with Gasteiger partial charge in [0, 0.05) is 34.9 Å². The van der Waals surface area contributed by atoms with Crippen molar-refractivity contribution in [3.05, 3.63) is 41.2 Å². The summed E-state index contributed by atoms with van der Waals surface area (Å²) in [4.78, 5) is 33.1. The van der Waals surface area contributed by atoms with Crippen molar-refractivity contribution in [2.24, 2.45) is 0 Å². The first-order valence-electron chi connectivity index (χ1n) is 9.13. The van der Waals surface area contributed by atoms with Gasteiger partial charge in [-0.25, -0.2) is 14.3 Å². The molecule has 3 aromatic rings. The summed E-state index contributed by atoms with van der Waals surface area (Å²) in [7, 11) is 0. The molecule has 0 aliphatic carbocycles. The minimum Gasteiger partial charge on any atom is -0.338 e. The first-order chi connectivity index (χ1) is 13.9. The minimum atomic E-state index is -0.293. The van der Waals surface area contributed by atoms with E-state index in [4.69, 9.17) is 0 Å².